The van der Waals surface area contributed by atoms with E-state index < -0.39 is 0 Å². The fraction of sp³-hybridized carbons (Fsp3) is 0.294. The lowest BCUT2D eigenvalue weighted by molar-refractivity contribution is 0.255. The van der Waals surface area contributed by atoms with Crippen LogP contribution in [0.3, 0.4) is 0 Å². The smallest absolute Gasteiger partial charge is 0.130 e. The van der Waals surface area contributed by atoms with E-state index in [0.29, 0.717) is 6.10 Å². The molecule has 0 bridgehead atoms. The summed E-state index contributed by atoms with van der Waals surface area (Å²) in [6.45, 7) is 6.45. The molecule has 1 heterocycles. The number of fused-ring (bicyclic) bond motifs is 1. The van der Waals surface area contributed by atoms with Crippen LogP contribution in [0.2, 0.25) is 0 Å². The highest BCUT2D eigenvalue weighted by Crippen LogP contribution is 2.40. The van der Waals surface area contributed by atoms with Crippen molar-refractivity contribution in [3.8, 4) is 16.9 Å². The van der Waals surface area contributed by atoms with E-state index in [1.807, 2.05) is 0 Å². The summed E-state index contributed by atoms with van der Waals surface area (Å²) in [5, 5.41) is 0. The van der Waals surface area contributed by atoms with Crippen molar-refractivity contribution < 1.29 is 4.74 Å². The highest BCUT2D eigenvalue weighted by molar-refractivity contribution is 5.76. The Labute approximate surface area is 108 Å². The first-order valence-corrected chi connectivity index (χ1v) is 6.51. The van der Waals surface area contributed by atoms with Gasteiger partial charge >= 0.3 is 0 Å². The molecule has 3 rings (SSSR count). The quantitative estimate of drug-likeness (QED) is 0.720. The average molecular weight is 238 g/mol. The maximum absolute atomic E-state index is 6.00. The van der Waals surface area contributed by atoms with Crippen LogP contribution < -0.4 is 4.74 Å². The molecule has 0 amide bonds. The van der Waals surface area contributed by atoms with Gasteiger partial charge in [0.25, 0.3) is 0 Å². The average Bonchev–Trinajstić information content (AvgIpc) is 2.69. The van der Waals surface area contributed by atoms with Gasteiger partial charge in [-0.25, -0.2) is 0 Å². The van der Waals surface area contributed by atoms with Crippen LogP contribution in [0.4, 0.5) is 0 Å². The van der Waals surface area contributed by atoms with Gasteiger partial charge in [-0.1, -0.05) is 30.3 Å². The molecule has 2 aromatic rings. The van der Waals surface area contributed by atoms with Gasteiger partial charge in [-0.3, -0.25) is 0 Å². The summed E-state index contributed by atoms with van der Waals surface area (Å²) < 4.78 is 6.00. The van der Waals surface area contributed by atoms with Gasteiger partial charge < -0.3 is 4.74 Å². The fourth-order valence-corrected chi connectivity index (χ4v) is 2.77. The second-order valence-electron chi connectivity index (χ2n) is 5.25. The van der Waals surface area contributed by atoms with E-state index in [1.165, 1.54) is 27.8 Å². The van der Waals surface area contributed by atoms with E-state index >= 15 is 0 Å². The van der Waals surface area contributed by atoms with Gasteiger partial charge in [0.15, 0.2) is 0 Å². The molecule has 0 saturated heterocycles. The molecule has 0 aromatic heterocycles. The normalized spacial score (nSPS) is 17.4. The molecule has 0 aliphatic carbocycles. The van der Waals surface area contributed by atoms with Gasteiger partial charge in [0.05, 0.1) is 0 Å². The molecule has 1 heteroatoms. The summed E-state index contributed by atoms with van der Waals surface area (Å²) in [6, 6.07) is 13.0. The zero-order valence-electron chi connectivity index (χ0n) is 11.2. The number of aryl methyl sites for hydroxylation is 2. The van der Waals surface area contributed by atoms with E-state index in [0.717, 1.165) is 12.2 Å². The predicted molar refractivity (Wildman–Crippen MR) is 75.1 cm³/mol. The SMILES string of the molecule is Cc1cc2c(c(-c3ccccc3C)c1)OC(C)C2. The van der Waals surface area contributed by atoms with Gasteiger partial charge in [0.1, 0.15) is 11.9 Å². The first-order valence-electron chi connectivity index (χ1n) is 6.51. The predicted octanol–water partition coefficient (Wildman–Crippen LogP) is 4.29. The van der Waals surface area contributed by atoms with Crippen LogP contribution in [-0.2, 0) is 6.42 Å². The number of hydrogen-bond acceptors (Lipinski definition) is 1. The topological polar surface area (TPSA) is 9.23 Å². The van der Waals surface area contributed by atoms with Crippen molar-refractivity contribution in [2.45, 2.75) is 33.3 Å². The molecule has 1 aliphatic heterocycles. The van der Waals surface area contributed by atoms with Gasteiger partial charge in [0, 0.05) is 12.0 Å². The van der Waals surface area contributed by atoms with Crippen molar-refractivity contribution in [2.75, 3.05) is 0 Å². The standard InChI is InChI=1S/C17H18O/c1-11-8-14-10-13(3)18-17(14)16(9-11)15-7-5-4-6-12(15)2/h4-9,13H,10H2,1-3H3. The summed E-state index contributed by atoms with van der Waals surface area (Å²) in [5.74, 6) is 1.09. The summed E-state index contributed by atoms with van der Waals surface area (Å²) in [7, 11) is 0. The molecule has 0 spiro atoms. The molecule has 92 valence electrons. The van der Waals surface area contributed by atoms with Crippen molar-refractivity contribution in [2.24, 2.45) is 0 Å². The van der Waals surface area contributed by atoms with Gasteiger partial charge in [-0.05, 0) is 49.1 Å². The highest BCUT2D eigenvalue weighted by Gasteiger charge is 2.23. The Hall–Kier alpha value is -1.76. The van der Waals surface area contributed by atoms with Crippen LogP contribution in [0.1, 0.15) is 23.6 Å². The Bertz CT molecular complexity index is 599. The third-order valence-corrected chi connectivity index (χ3v) is 3.57. The molecule has 0 N–H and O–H groups in total. The minimum absolute atomic E-state index is 0.296. The third kappa shape index (κ3) is 1.80. The van der Waals surface area contributed by atoms with Crippen LogP contribution in [0.5, 0.6) is 5.75 Å². The summed E-state index contributed by atoms with van der Waals surface area (Å²) in [4.78, 5) is 0. The van der Waals surface area contributed by atoms with Crippen LogP contribution in [0.15, 0.2) is 36.4 Å². The van der Waals surface area contributed by atoms with Crippen molar-refractivity contribution in [3.05, 3.63) is 53.1 Å². The van der Waals surface area contributed by atoms with Crippen LogP contribution in [0.25, 0.3) is 11.1 Å². The van der Waals surface area contributed by atoms with Crippen molar-refractivity contribution >= 4 is 0 Å². The van der Waals surface area contributed by atoms with E-state index in [9.17, 15) is 0 Å². The molecule has 1 unspecified atom stereocenters. The Balaban J connectivity index is 2.22. The first kappa shape index (κ1) is 11.3. The Morgan fingerprint density at radius 2 is 1.83 bits per heavy atom. The van der Waals surface area contributed by atoms with Crippen molar-refractivity contribution in [1.82, 2.24) is 0 Å². The molecular formula is C17H18O. The first-order chi connectivity index (χ1) is 8.65. The minimum Gasteiger partial charge on any atom is -0.489 e. The second-order valence-corrected chi connectivity index (χ2v) is 5.25. The highest BCUT2D eigenvalue weighted by atomic mass is 16.5. The number of benzene rings is 2. The van der Waals surface area contributed by atoms with E-state index in [1.54, 1.807) is 0 Å². The van der Waals surface area contributed by atoms with Crippen LogP contribution >= 0.6 is 0 Å². The molecule has 18 heavy (non-hydrogen) atoms. The Morgan fingerprint density at radius 1 is 1.06 bits per heavy atom. The molecule has 1 aliphatic rings. The molecular weight excluding hydrogens is 220 g/mol. The van der Waals surface area contributed by atoms with Gasteiger partial charge in [-0.2, -0.15) is 0 Å². The van der Waals surface area contributed by atoms with Gasteiger partial charge in [-0.15, -0.1) is 0 Å². The van der Waals surface area contributed by atoms with E-state index in [2.05, 4.69) is 57.2 Å². The number of rotatable bonds is 1. The molecule has 2 aromatic carbocycles. The summed E-state index contributed by atoms with van der Waals surface area (Å²) >= 11 is 0. The lowest BCUT2D eigenvalue weighted by Gasteiger charge is -2.12. The summed E-state index contributed by atoms with van der Waals surface area (Å²) in [5.41, 5.74) is 6.48. The minimum atomic E-state index is 0.296. The lowest BCUT2D eigenvalue weighted by Crippen LogP contribution is -2.05. The molecule has 0 fully saturated rings. The third-order valence-electron chi connectivity index (χ3n) is 3.57. The number of ether oxygens (including phenoxy) is 1. The Morgan fingerprint density at radius 3 is 2.61 bits per heavy atom. The van der Waals surface area contributed by atoms with E-state index in [-0.39, 0.29) is 0 Å². The number of hydrogen-bond donors (Lipinski definition) is 0. The van der Waals surface area contributed by atoms with Crippen molar-refractivity contribution in [3.63, 3.8) is 0 Å². The van der Waals surface area contributed by atoms with E-state index in [4.69, 9.17) is 4.74 Å². The maximum Gasteiger partial charge on any atom is 0.130 e. The second kappa shape index (κ2) is 4.16. The van der Waals surface area contributed by atoms with Crippen LogP contribution in [0, 0.1) is 13.8 Å². The molecule has 1 atom stereocenters. The maximum atomic E-state index is 6.00. The largest absolute Gasteiger partial charge is 0.489 e. The van der Waals surface area contributed by atoms with Gasteiger partial charge in [0.2, 0.25) is 0 Å². The molecule has 1 nitrogen and oxygen atoms in total. The zero-order chi connectivity index (χ0) is 12.7. The summed E-state index contributed by atoms with van der Waals surface area (Å²) in [6.07, 6.45) is 1.32. The van der Waals surface area contributed by atoms with Crippen molar-refractivity contribution in [1.29, 1.82) is 0 Å². The molecule has 0 saturated carbocycles. The fourth-order valence-electron chi connectivity index (χ4n) is 2.77. The zero-order valence-corrected chi connectivity index (χ0v) is 11.2. The monoisotopic (exact) mass is 238 g/mol. The molecule has 0 radical (unpaired) electrons. The Kier molecular flexibility index (Phi) is 2.62. The van der Waals surface area contributed by atoms with Crippen LogP contribution in [-0.4, -0.2) is 6.10 Å². The lowest BCUT2D eigenvalue weighted by atomic mass is 9.95.